The fourth-order valence-corrected chi connectivity index (χ4v) is 4.73. The Morgan fingerprint density at radius 3 is 3.00 bits per heavy atom. The second-order valence-electron chi connectivity index (χ2n) is 4.18. The van der Waals surface area contributed by atoms with Gasteiger partial charge in [-0.05, 0) is 12.3 Å². The Bertz CT molecular complexity index is 568. The molecule has 2 rings (SSSR count). The van der Waals surface area contributed by atoms with E-state index in [0.29, 0.717) is 13.0 Å². The number of aliphatic hydroxyl groups excluding tert-OH is 1. The fourth-order valence-electron chi connectivity index (χ4n) is 1.93. The predicted octanol–water partition coefficient (Wildman–Crippen LogP) is -0.0674. The third-order valence-corrected chi connectivity index (χ3v) is 6.21. The van der Waals surface area contributed by atoms with Crippen molar-refractivity contribution < 1.29 is 23.1 Å². The molecule has 9 heteroatoms. The number of hydrogen-bond donors (Lipinski definition) is 1. The van der Waals surface area contributed by atoms with E-state index >= 15 is 0 Å². The van der Waals surface area contributed by atoms with Gasteiger partial charge in [0.1, 0.15) is 0 Å². The van der Waals surface area contributed by atoms with Gasteiger partial charge in [-0.25, -0.2) is 18.2 Å². The van der Waals surface area contributed by atoms with Gasteiger partial charge in [-0.2, -0.15) is 4.31 Å². The van der Waals surface area contributed by atoms with E-state index in [4.69, 9.17) is 5.11 Å². The van der Waals surface area contributed by atoms with Crippen LogP contribution in [-0.2, 0) is 14.8 Å². The largest absolute Gasteiger partial charge is 0.464 e. The zero-order chi connectivity index (χ0) is 14.0. The molecular weight excluding hydrogens is 292 g/mol. The van der Waals surface area contributed by atoms with E-state index in [9.17, 15) is 13.2 Å². The summed E-state index contributed by atoms with van der Waals surface area (Å²) in [6.07, 6.45) is 0.613. The van der Waals surface area contributed by atoms with Gasteiger partial charge in [0.25, 0.3) is 10.0 Å². The van der Waals surface area contributed by atoms with E-state index < -0.39 is 16.0 Å². The van der Waals surface area contributed by atoms with E-state index in [2.05, 4.69) is 9.72 Å². The second kappa shape index (κ2) is 5.53. The van der Waals surface area contributed by atoms with Crippen LogP contribution < -0.4 is 0 Å². The van der Waals surface area contributed by atoms with Crippen LogP contribution in [0.15, 0.2) is 9.72 Å². The van der Waals surface area contributed by atoms with Gasteiger partial charge in [-0.3, -0.25) is 0 Å². The summed E-state index contributed by atoms with van der Waals surface area (Å²) in [6, 6.07) is 0. The number of esters is 1. The maximum absolute atomic E-state index is 12.4. The van der Waals surface area contributed by atoms with Crippen LogP contribution in [0, 0.1) is 5.92 Å². The topological polar surface area (TPSA) is 96.8 Å². The minimum absolute atomic E-state index is 0.0431. The van der Waals surface area contributed by atoms with Crippen LogP contribution in [0.4, 0.5) is 0 Å². The van der Waals surface area contributed by atoms with E-state index in [-0.39, 0.29) is 29.0 Å². The lowest BCUT2D eigenvalue weighted by molar-refractivity contribution is 0.0590. The highest BCUT2D eigenvalue weighted by Gasteiger charge is 2.36. The molecule has 0 aromatic carbocycles. The van der Waals surface area contributed by atoms with E-state index in [0.717, 1.165) is 11.3 Å². The summed E-state index contributed by atoms with van der Waals surface area (Å²) in [5.74, 6) is -0.818. The third-order valence-electron chi connectivity index (χ3n) is 2.99. The second-order valence-corrected chi connectivity index (χ2v) is 7.17. The van der Waals surface area contributed by atoms with Crippen LogP contribution in [0.25, 0.3) is 0 Å². The first-order valence-corrected chi connectivity index (χ1v) is 7.95. The maximum atomic E-state index is 12.4. The Kier molecular flexibility index (Phi) is 4.19. The molecule has 0 bridgehead atoms. The third kappa shape index (κ3) is 2.64. The van der Waals surface area contributed by atoms with Gasteiger partial charge < -0.3 is 9.84 Å². The fraction of sp³-hybridized carbons (Fsp3) is 0.600. The van der Waals surface area contributed by atoms with E-state index in [1.54, 1.807) is 0 Å². The molecule has 1 fully saturated rings. The Labute approximate surface area is 114 Å². The van der Waals surface area contributed by atoms with Crippen molar-refractivity contribution in [3.05, 3.63) is 11.2 Å². The van der Waals surface area contributed by atoms with Crippen molar-refractivity contribution in [3.8, 4) is 0 Å². The van der Waals surface area contributed by atoms with Gasteiger partial charge in [0.15, 0.2) is 9.90 Å². The number of ether oxygens (including phenoxy) is 1. The molecule has 2 heterocycles. The Morgan fingerprint density at radius 2 is 2.42 bits per heavy atom. The number of rotatable bonds is 4. The zero-order valence-electron chi connectivity index (χ0n) is 10.3. The van der Waals surface area contributed by atoms with Gasteiger partial charge in [0.2, 0.25) is 0 Å². The Morgan fingerprint density at radius 1 is 1.68 bits per heavy atom. The van der Waals surface area contributed by atoms with E-state index in [1.165, 1.54) is 16.9 Å². The smallest absolute Gasteiger partial charge is 0.358 e. The molecule has 0 aliphatic carbocycles. The summed E-state index contributed by atoms with van der Waals surface area (Å²) in [4.78, 5) is 15.2. The molecule has 1 N–H and O–H groups in total. The number of sulfonamides is 1. The van der Waals surface area contributed by atoms with Crippen molar-refractivity contribution >= 4 is 27.3 Å². The number of hydrogen-bond acceptors (Lipinski definition) is 7. The molecule has 1 unspecified atom stereocenters. The molecule has 19 heavy (non-hydrogen) atoms. The SMILES string of the molecule is COC(=O)c1ncsc1S(=O)(=O)N1CCC(CO)C1. The minimum atomic E-state index is -3.75. The van der Waals surface area contributed by atoms with Gasteiger partial charge in [-0.15, -0.1) is 11.3 Å². The molecule has 0 amide bonds. The predicted molar refractivity (Wildman–Crippen MR) is 67.4 cm³/mol. The molecular formula is C10H14N2O5S2. The number of carbonyl (C=O) groups excluding carboxylic acids is 1. The first-order valence-electron chi connectivity index (χ1n) is 5.63. The van der Waals surface area contributed by atoms with Crippen molar-refractivity contribution in [1.29, 1.82) is 0 Å². The van der Waals surface area contributed by atoms with Crippen LogP contribution in [0.5, 0.6) is 0 Å². The average Bonchev–Trinajstić information content (AvgIpc) is 3.06. The summed E-state index contributed by atoms with van der Waals surface area (Å²) < 4.78 is 30.5. The molecule has 1 aromatic heterocycles. The molecule has 0 radical (unpaired) electrons. The van der Waals surface area contributed by atoms with Gasteiger partial charge in [0.05, 0.1) is 12.6 Å². The lowest BCUT2D eigenvalue weighted by Gasteiger charge is -2.15. The summed E-state index contributed by atoms with van der Waals surface area (Å²) in [5.41, 5.74) is 1.12. The van der Waals surface area contributed by atoms with Crippen molar-refractivity contribution in [2.24, 2.45) is 5.92 Å². The molecule has 0 saturated carbocycles. The zero-order valence-corrected chi connectivity index (χ0v) is 11.9. The number of aromatic nitrogens is 1. The van der Waals surface area contributed by atoms with Gasteiger partial charge in [-0.1, -0.05) is 0 Å². The van der Waals surface area contributed by atoms with Crippen molar-refractivity contribution in [1.82, 2.24) is 9.29 Å². The quantitative estimate of drug-likeness (QED) is 0.782. The number of methoxy groups -OCH3 is 1. The molecule has 1 aromatic rings. The highest BCUT2D eigenvalue weighted by atomic mass is 32.2. The highest BCUT2D eigenvalue weighted by Crippen LogP contribution is 2.28. The lowest BCUT2D eigenvalue weighted by atomic mass is 10.1. The number of aliphatic hydroxyl groups is 1. The van der Waals surface area contributed by atoms with Gasteiger partial charge in [0, 0.05) is 19.7 Å². The first kappa shape index (κ1) is 14.4. The molecule has 0 spiro atoms. The lowest BCUT2D eigenvalue weighted by Crippen LogP contribution is -2.30. The summed E-state index contributed by atoms with van der Waals surface area (Å²) in [5, 5.41) is 9.06. The molecule has 7 nitrogen and oxygen atoms in total. The Balaban J connectivity index is 2.31. The standard InChI is InChI=1S/C10H14N2O5S2/c1-17-9(14)8-10(18-6-11-8)19(15,16)12-3-2-7(4-12)5-13/h6-7,13H,2-5H2,1H3. The number of nitrogens with zero attached hydrogens (tertiary/aromatic N) is 2. The summed E-state index contributed by atoms with van der Waals surface area (Å²) >= 11 is 0.892. The summed E-state index contributed by atoms with van der Waals surface area (Å²) in [7, 11) is -2.57. The highest BCUT2D eigenvalue weighted by molar-refractivity contribution is 7.91. The van der Waals surface area contributed by atoms with Crippen LogP contribution in [-0.4, -0.2) is 55.6 Å². The normalized spacial score (nSPS) is 20.6. The van der Waals surface area contributed by atoms with Crippen LogP contribution in [0.1, 0.15) is 16.9 Å². The molecule has 1 aliphatic heterocycles. The van der Waals surface area contributed by atoms with Crippen molar-refractivity contribution in [2.45, 2.75) is 10.6 Å². The monoisotopic (exact) mass is 306 g/mol. The molecule has 1 saturated heterocycles. The Hall–Kier alpha value is -1.03. The molecule has 1 atom stereocenters. The van der Waals surface area contributed by atoms with Crippen LogP contribution in [0.2, 0.25) is 0 Å². The first-order chi connectivity index (χ1) is 9.00. The van der Waals surface area contributed by atoms with E-state index in [1.807, 2.05) is 0 Å². The summed E-state index contributed by atoms with van der Waals surface area (Å²) in [6.45, 7) is 0.558. The van der Waals surface area contributed by atoms with Gasteiger partial charge >= 0.3 is 5.97 Å². The number of thiazole rings is 1. The van der Waals surface area contributed by atoms with Crippen molar-refractivity contribution in [2.75, 3.05) is 26.8 Å². The van der Waals surface area contributed by atoms with Crippen molar-refractivity contribution in [3.63, 3.8) is 0 Å². The molecule has 1 aliphatic rings. The number of carbonyl (C=O) groups is 1. The minimum Gasteiger partial charge on any atom is -0.464 e. The van der Waals surface area contributed by atoms with Crippen LogP contribution in [0.3, 0.4) is 0 Å². The van der Waals surface area contributed by atoms with Crippen LogP contribution >= 0.6 is 11.3 Å². The molecule has 106 valence electrons. The maximum Gasteiger partial charge on any atom is 0.358 e. The average molecular weight is 306 g/mol.